The van der Waals surface area contributed by atoms with Crippen molar-refractivity contribution in [1.82, 2.24) is 9.97 Å². The van der Waals surface area contributed by atoms with E-state index in [0.29, 0.717) is 17.9 Å². The molecule has 4 nitrogen and oxygen atoms in total. The average Bonchev–Trinajstić information content (AvgIpc) is 3.29. The Morgan fingerprint density at radius 2 is 1.92 bits per heavy atom. The maximum absolute atomic E-state index is 5.97. The Labute approximate surface area is 166 Å². The highest BCUT2D eigenvalue weighted by Crippen LogP contribution is 2.41. The minimum absolute atomic E-state index is 0. The van der Waals surface area contributed by atoms with Gasteiger partial charge in [0.2, 0.25) is 0 Å². The second-order valence-electron chi connectivity index (χ2n) is 7.09. The lowest BCUT2D eigenvalue weighted by Crippen LogP contribution is -2.35. The molecule has 0 atom stereocenters. The molecular weight excluding hydrogens is 375 g/mol. The molecule has 138 valence electrons. The smallest absolute Gasteiger partial charge is 0.134 e. The van der Waals surface area contributed by atoms with Crippen molar-refractivity contribution in [2.75, 3.05) is 11.9 Å². The summed E-state index contributed by atoms with van der Waals surface area (Å²) in [6, 6.07) is 4.73. The van der Waals surface area contributed by atoms with Gasteiger partial charge < -0.3 is 10.6 Å². The van der Waals surface area contributed by atoms with E-state index in [2.05, 4.69) is 36.4 Å². The summed E-state index contributed by atoms with van der Waals surface area (Å²) in [6.07, 6.45) is 4.60. The third-order valence-corrected chi connectivity index (χ3v) is 6.03. The number of nitrogens with two attached hydrogens (primary N) is 1. The molecule has 0 amide bonds. The first-order valence-corrected chi connectivity index (χ1v) is 9.36. The largest absolute Gasteiger partial charge is 0.354 e. The Kier molecular flexibility index (Phi) is 6.71. The number of aromatic nitrogens is 2. The van der Waals surface area contributed by atoms with Crippen LogP contribution >= 0.6 is 36.2 Å². The second-order valence-corrected chi connectivity index (χ2v) is 8.10. The molecule has 0 radical (unpaired) electrons. The number of nitrogens with zero attached hydrogens (tertiary/aromatic N) is 3. The van der Waals surface area contributed by atoms with Gasteiger partial charge in [-0.3, -0.25) is 0 Å². The van der Waals surface area contributed by atoms with Crippen LogP contribution in [0.15, 0.2) is 17.5 Å². The van der Waals surface area contributed by atoms with Crippen LogP contribution in [0.1, 0.15) is 59.5 Å². The summed E-state index contributed by atoms with van der Waals surface area (Å²) in [5.74, 6) is 3.22. The number of aryl methyl sites for hydroxylation is 1. The van der Waals surface area contributed by atoms with Gasteiger partial charge in [-0.1, -0.05) is 0 Å². The van der Waals surface area contributed by atoms with Crippen LogP contribution in [0.4, 0.5) is 5.82 Å². The lowest BCUT2D eigenvalue weighted by Gasteiger charge is -2.32. The zero-order chi connectivity index (χ0) is 16.0. The zero-order valence-corrected chi connectivity index (χ0v) is 17.1. The Balaban J connectivity index is 0.00000113. The van der Waals surface area contributed by atoms with Gasteiger partial charge in [-0.05, 0) is 49.6 Å². The monoisotopic (exact) mass is 400 g/mol. The van der Waals surface area contributed by atoms with Crippen molar-refractivity contribution in [3.05, 3.63) is 39.5 Å². The van der Waals surface area contributed by atoms with E-state index in [1.165, 1.54) is 29.0 Å². The molecule has 0 aliphatic heterocycles. The maximum atomic E-state index is 5.97. The third-order valence-electron chi connectivity index (χ3n) is 5.03. The minimum atomic E-state index is 0. The summed E-state index contributed by atoms with van der Waals surface area (Å²) in [5.41, 5.74) is 8.54. The van der Waals surface area contributed by atoms with Gasteiger partial charge in [-0.15, -0.1) is 36.2 Å². The molecule has 4 rings (SSSR count). The van der Waals surface area contributed by atoms with E-state index < -0.39 is 0 Å². The average molecular weight is 401 g/mol. The molecule has 0 aromatic carbocycles. The van der Waals surface area contributed by atoms with Crippen molar-refractivity contribution in [1.29, 1.82) is 0 Å². The van der Waals surface area contributed by atoms with Crippen molar-refractivity contribution in [3.63, 3.8) is 0 Å². The van der Waals surface area contributed by atoms with Crippen LogP contribution in [0, 0.1) is 6.92 Å². The van der Waals surface area contributed by atoms with Crippen LogP contribution in [0.25, 0.3) is 0 Å². The fourth-order valence-corrected chi connectivity index (χ4v) is 4.12. The van der Waals surface area contributed by atoms with E-state index in [9.17, 15) is 0 Å². The standard InChI is InChI=1S/C18H24N4S.2ClH/c1-11-5-6-23-16(11)10-22(2)17-9-15(13-7-14(19)8-13)20-18(21-17)12-3-4-12;;/h5-6,9,12-14H,3-4,7-8,10,19H2,1-2H3;2*1H. The molecule has 2 aromatic rings. The Bertz CT molecular complexity index is 711. The lowest BCUT2D eigenvalue weighted by molar-refractivity contribution is 0.344. The third kappa shape index (κ3) is 4.45. The van der Waals surface area contributed by atoms with E-state index in [4.69, 9.17) is 15.7 Å². The SMILES string of the molecule is Cc1ccsc1CN(C)c1cc(C2CC(N)C2)nc(C2CC2)n1.Cl.Cl. The van der Waals surface area contributed by atoms with Gasteiger partial charge in [0.1, 0.15) is 11.6 Å². The molecule has 0 unspecified atom stereocenters. The molecule has 0 bridgehead atoms. The van der Waals surface area contributed by atoms with Crippen LogP contribution in [0.2, 0.25) is 0 Å². The van der Waals surface area contributed by atoms with Crippen molar-refractivity contribution in [2.45, 2.75) is 57.0 Å². The van der Waals surface area contributed by atoms with E-state index >= 15 is 0 Å². The Morgan fingerprint density at radius 1 is 1.20 bits per heavy atom. The molecule has 2 saturated carbocycles. The van der Waals surface area contributed by atoms with E-state index in [-0.39, 0.29) is 24.8 Å². The number of rotatable bonds is 5. The van der Waals surface area contributed by atoms with Crippen LogP contribution in [0.3, 0.4) is 0 Å². The van der Waals surface area contributed by atoms with E-state index in [0.717, 1.165) is 31.0 Å². The highest BCUT2D eigenvalue weighted by molar-refractivity contribution is 7.10. The van der Waals surface area contributed by atoms with Gasteiger partial charge >= 0.3 is 0 Å². The molecular formula is C18H26Cl2N4S. The summed E-state index contributed by atoms with van der Waals surface area (Å²) in [6.45, 7) is 3.09. The molecule has 2 N–H and O–H groups in total. The van der Waals surface area contributed by atoms with Crippen LogP contribution < -0.4 is 10.6 Å². The summed E-state index contributed by atoms with van der Waals surface area (Å²) >= 11 is 1.82. The first-order valence-electron chi connectivity index (χ1n) is 8.48. The molecule has 0 spiro atoms. The van der Waals surface area contributed by atoms with Crippen molar-refractivity contribution in [2.24, 2.45) is 5.73 Å². The molecule has 2 aromatic heterocycles. The van der Waals surface area contributed by atoms with Crippen molar-refractivity contribution < 1.29 is 0 Å². The fourth-order valence-electron chi connectivity index (χ4n) is 3.17. The predicted octanol–water partition coefficient (Wildman–Crippen LogP) is 4.41. The first kappa shape index (κ1) is 20.4. The molecule has 2 fully saturated rings. The van der Waals surface area contributed by atoms with Crippen molar-refractivity contribution >= 4 is 42.0 Å². The topological polar surface area (TPSA) is 55.0 Å². The highest BCUT2D eigenvalue weighted by atomic mass is 35.5. The Hall–Kier alpha value is -0.880. The molecule has 7 heteroatoms. The lowest BCUT2D eigenvalue weighted by atomic mass is 9.78. The molecule has 0 saturated heterocycles. The second kappa shape index (κ2) is 8.21. The number of hydrogen-bond acceptors (Lipinski definition) is 5. The predicted molar refractivity (Wildman–Crippen MR) is 110 cm³/mol. The van der Waals surface area contributed by atoms with Crippen molar-refractivity contribution in [3.8, 4) is 0 Å². The van der Waals surface area contributed by atoms with E-state index in [1.807, 2.05) is 11.3 Å². The number of thiophene rings is 1. The normalized spacial score (nSPS) is 21.7. The molecule has 2 heterocycles. The van der Waals surface area contributed by atoms with Gasteiger partial charge in [0, 0.05) is 41.6 Å². The molecule has 2 aliphatic rings. The maximum Gasteiger partial charge on any atom is 0.134 e. The zero-order valence-electron chi connectivity index (χ0n) is 14.6. The van der Waals surface area contributed by atoms with Gasteiger partial charge in [-0.2, -0.15) is 0 Å². The highest BCUT2D eigenvalue weighted by Gasteiger charge is 2.32. The van der Waals surface area contributed by atoms with Crippen LogP contribution in [-0.4, -0.2) is 23.1 Å². The fraction of sp³-hybridized carbons (Fsp3) is 0.556. The van der Waals surface area contributed by atoms with Gasteiger partial charge in [-0.25, -0.2) is 9.97 Å². The summed E-state index contributed by atoms with van der Waals surface area (Å²) in [4.78, 5) is 13.4. The minimum Gasteiger partial charge on any atom is -0.354 e. The molecule has 25 heavy (non-hydrogen) atoms. The van der Waals surface area contributed by atoms with Gasteiger partial charge in [0.15, 0.2) is 0 Å². The summed E-state index contributed by atoms with van der Waals surface area (Å²) < 4.78 is 0. The first-order chi connectivity index (χ1) is 11.1. The number of hydrogen-bond donors (Lipinski definition) is 1. The number of halogens is 2. The van der Waals surface area contributed by atoms with Gasteiger partial charge in [0.25, 0.3) is 0 Å². The Morgan fingerprint density at radius 3 is 2.48 bits per heavy atom. The van der Waals surface area contributed by atoms with Crippen LogP contribution in [0.5, 0.6) is 0 Å². The van der Waals surface area contributed by atoms with Crippen LogP contribution in [-0.2, 0) is 6.54 Å². The summed E-state index contributed by atoms with van der Waals surface area (Å²) in [7, 11) is 2.13. The molecule has 2 aliphatic carbocycles. The van der Waals surface area contributed by atoms with E-state index in [1.54, 1.807) is 0 Å². The summed E-state index contributed by atoms with van der Waals surface area (Å²) in [5, 5.41) is 2.16. The van der Waals surface area contributed by atoms with Gasteiger partial charge in [0.05, 0.1) is 6.54 Å². The quantitative estimate of drug-likeness (QED) is 0.807. The number of anilines is 1.